The molecule has 9 rings (SSSR count). The number of fused-ring (bicyclic) bond motifs is 6. The first kappa shape index (κ1) is 20.3. The molecule has 1 heterocycles. The van der Waals surface area contributed by atoms with E-state index in [4.69, 9.17) is 7.16 Å². The molecule has 1 aromatic heterocycles. The molecule has 0 aliphatic rings. The highest BCUT2D eigenvalue weighted by molar-refractivity contribution is 6.25. The van der Waals surface area contributed by atoms with E-state index in [9.17, 15) is 2.74 Å². The molecule has 1 heteroatoms. The van der Waals surface area contributed by atoms with Gasteiger partial charge in [-0.1, -0.05) is 139 Å². The second-order valence-electron chi connectivity index (χ2n) is 10.9. The molecule has 0 atom stereocenters. The van der Waals surface area contributed by atoms with Gasteiger partial charge >= 0.3 is 0 Å². The normalized spacial score (nSPS) is 13.0. The Balaban J connectivity index is 1.44. The van der Waals surface area contributed by atoms with E-state index >= 15 is 0 Å². The molecule has 0 aliphatic heterocycles. The molecule has 8 aromatic carbocycles. The van der Waals surface area contributed by atoms with Gasteiger partial charge in [0.15, 0.2) is 0 Å². The summed E-state index contributed by atoms with van der Waals surface area (Å²) in [6.45, 7) is 0. The molecule has 0 saturated carbocycles. The zero-order valence-electron chi connectivity index (χ0n) is 27.1. The lowest BCUT2D eigenvalue weighted by Gasteiger charge is -2.19. The Labute approximate surface area is 254 Å². The van der Waals surface area contributed by atoms with Gasteiger partial charge in [0.25, 0.3) is 0 Å². The van der Waals surface area contributed by atoms with E-state index < -0.39 is 0 Å². The maximum Gasteiger partial charge on any atom is 0.136 e. The molecule has 0 spiro atoms. The minimum absolute atomic E-state index is 0.0818. The lowest BCUT2D eigenvalue weighted by molar-refractivity contribution is 0.669. The summed E-state index contributed by atoms with van der Waals surface area (Å²) in [5.41, 5.74) is 5.91. The van der Waals surface area contributed by atoms with Crippen molar-refractivity contribution >= 4 is 54.3 Å². The summed E-state index contributed by atoms with van der Waals surface area (Å²) in [6.07, 6.45) is 0. The summed E-state index contributed by atoms with van der Waals surface area (Å²) in [6, 6.07) is 44.0. The van der Waals surface area contributed by atoms with Crippen LogP contribution >= 0.6 is 0 Å². The third-order valence-electron chi connectivity index (χ3n) is 8.54. The number of furan rings is 1. The molecule has 9 aromatic rings. The van der Waals surface area contributed by atoms with Gasteiger partial charge in [0.2, 0.25) is 0 Å². The molecular formula is C42H26O. The van der Waals surface area contributed by atoms with Crippen molar-refractivity contribution in [2.45, 2.75) is 0 Å². The molecule has 0 unspecified atom stereocenters. The molecule has 43 heavy (non-hydrogen) atoms. The smallest absolute Gasteiger partial charge is 0.136 e. The van der Waals surface area contributed by atoms with Gasteiger partial charge in [0.1, 0.15) is 11.2 Å². The molecule has 0 fully saturated rings. The predicted molar refractivity (Wildman–Crippen MR) is 183 cm³/mol. The first-order chi connectivity index (χ1) is 23.0. The largest absolute Gasteiger partial charge is 0.456 e. The van der Waals surface area contributed by atoms with Crippen LogP contribution in [0.15, 0.2) is 162 Å². The SMILES string of the molecule is [2H]c1c([2H])c(-c2cccc3ccccc23)c([2H])c(-c2c3ccccc3c(-c3cccc4oc5ccccc5c34)c3ccccc23)c1[2H]. The fourth-order valence-electron chi connectivity index (χ4n) is 6.72. The van der Waals surface area contributed by atoms with E-state index in [1.54, 1.807) is 0 Å². The standard InChI is InChI=1S/C42H26O/c1-2-16-30-27(12-1)13-10-22-31(30)28-14-9-15-29(26-28)40-32-17-3-5-19-34(32)41(35-20-6-4-18-33(35)40)37-23-11-25-39-42(37)36-21-7-8-24-38(36)43-39/h1-26H/i9D,14D,15D,26D. The summed E-state index contributed by atoms with van der Waals surface area (Å²) in [5.74, 6) is 0. The van der Waals surface area contributed by atoms with E-state index in [1.807, 2.05) is 109 Å². The first-order valence-corrected chi connectivity index (χ1v) is 14.5. The Morgan fingerprint density at radius 3 is 1.72 bits per heavy atom. The van der Waals surface area contributed by atoms with Crippen LogP contribution in [0.1, 0.15) is 5.48 Å². The van der Waals surface area contributed by atoms with Crippen molar-refractivity contribution in [1.29, 1.82) is 0 Å². The van der Waals surface area contributed by atoms with Crippen molar-refractivity contribution in [2.75, 3.05) is 0 Å². The quantitative estimate of drug-likeness (QED) is 0.199. The van der Waals surface area contributed by atoms with Crippen molar-refractivity contribution < 1.29 is 9.90 Å². The summed E-state index contributed by atoms with van der Waals surface area (Å²) in [7, 11) is 0. The van der Waals surface area contributed by atoms with Gasteiger partial charge in [-0.05, 0) is 83.9 Å². The monoisotopic (exact) mass is 550 g/mol. The van der Waals surface area contributed by atoms with Crippen LogP contribution in [0.5, 0.6) is 0 Å². The van der Waals surface area contributed by atoms with Crippen LogP contribution < -0.4 is 0 Å². The number of para-hydroxylation sites is 1. The van der Waals surface area contributed by atoms with Gasteiger partial charge in [-0.15, -0.1) is 0 Å². The fraction of sp³-hybridized carbons (Fsp3) is 0. The van der Waals surface area contributed by atoms with Crippen LogP contribution in [0.3, 0.4) is 0 Å². The average Bonchev–Trinajstić information content (AvgIpc) is 3.50. The minimum Gasteiger partial charge on any atom is -0.456 e. The molecule has 0 radical (unpaired) electrons. The minimum atomic E-state index is -0.189. The number of hydrogen-bond acceptors (Lipinski definition) is 1. The Morgan fingerprint density at radius 2 is 0.953 bits per heavy atom. The number of benzene rings is 8. The predicted octanol–water partition coefficient (Wildman–Crippen LogP) is 12.0. The van der Waals surface area contributed by atoms with E-state index in [0.717, 1.165) is 76.5 Å². The van der Waals surface area contributed by atoms with Crippen LogP contribution in [0.4, 0.5) is 0 Å². The van der Waals surface area contributed by atoms with E-state index in [2.05, 4.69) is 24.3 Å². The van der Waals surface area contributed by atoms with Gasteiger partial charge in [-0.3, -0.25) is 0 Å². The van der Waals surface area contributed by atoms with Gasteiger partial charge in [0.05, 0.1) is 5.48 Å². The van der Waals surface area contributed by atoms with Crippen LogP contribution in [-0.2, 0) is 0 Å². The Bertz CT molecular complexity index is 2680. The van der Waals surface area contributed by atoms with Crippen LogP contribution in [-0.4, -0.2) is 0 Å². The zero-order chi connectivity index (χ0) is 31.8. The summed E-state index contributed by atoms with van der Waals surface area (Å²) in [4.78, 5) is 0. The molecule has 0 amide bonds. The molecule has 0 bridgehead atoms. The number of rotatable bonds is 3. The van der Waals surface area contributed by atoms with Crippen LogP contribution in [0.25, 0.3) is 87.6 Å². The van der Waals surface area contributed by atoms with Crippen molar-refractivity contribution in [3.8, 4) is 33.4 Å². The maximum atomic E-state index is 9.68. The second-order valence-corrected chi connectivity index (χ2v) is 10.9. The average molecular weight is 551 g/mol. The molecule has 0 saturated heterocycles. The Morgan fingerprint density at radius 1 is 0.419 bits per heavy atom. The van der Waals surface area contributed by atoms with Crippen molar-refractivity contribution in [3.63, 3.8) is 0 Å². The molecule has 200 valence electrons. The summed E-state index contributed by atoms with van der Waals surface area (Å²) in [5, 5.41) is 7.71. The van der Waals surface area contributed by atoms with Crippen molar-refractivity contribution in [3.05, 3.63) is 158 Å². The topological polar surface area (TPSA) is 13.1 Å². The van der Waals surface area contributed by atoms with Crippen molar-refractivity contribution in [2.24, 2.45) is 0 Å². The first-order valence-electron chi connectivity index (χ1n) is 16.5. The van der Waals surface area contributed by atoms with Crippen molar-refractivity contribution in [1.82, 2.24) is 0 Å². The van der Waals surface area contributed by atoms with E-state index in [1.165, 1.54) is 0 Å². The highest BCUT2D eigenvalue weighted by Gasteiger charge is 2.20. The Hall–Kier alpha value is -5.66. The van der Waals surface area contributed by atoms with Gasteiger partial charge in [0, 0.05) is 10.8 Å². The zero-order valence-corrected chi connectivity index (χ0v) is 23.1. The van der Waals surface area contributed by atoms with Gasteiger partial charge in [-0.25, -0.2) is 0 Å². The van der Waals surface area contributed by atoms with E-state index in [0.29, 0.717) is 11.1 Å². The number of hydrogen-bond donors (Lipinski definition) is 0. The van der Waals surface area contributed by atoms with Crippen LogP contribution in [0.2, 0.25) is 0 Å². The third-order valence-corrected chi connectivity index (χ3v) is 8.54. The molecule has 0 N–H and O–H groups in total. The molecule has 0 aliphatic carbocycles. The lowest BCUT2D eigenvalue weighted by Crippen LogP contribution is -1.91. The maximum absolute atomic E-state index is 9.68. The second kappa shape index (κ2) is 9.44. The summed E-state index contributed by atoms with van der Waals surface area (Å²) < 4.78 is 43.2. The van der Waals surface area contributed by atoms with Gasteiger partial charge in [-0.2, -0.15) is 0 Å². The highest BCUT2D eigenvalue weighted by atomic mass is 16.3. The van der Waals surface area contributed by atoms with Gasteiger partial charge < -0.3 is 4.42 Å². The summed E-state index contributed by atoms with van der Waals surface area (Å²) >= 11 is 0. The fourth-order valence-corrected chi connectivity index (χ4v) is 6.72. The molecule has 1 nitrogen and oxygen atoms in total. The van der Waals surface area contributed by atoms with Crippen LogP contribution in [0, 0.1) is 0 Å². The molecular weight excluding hydrogens is 520 g/mol. The third kappa shape index (κ3) is 3.65. The van der Waals surface area contributed by atoms with E-state index in [-0.39, 0.29) is 24.2 Å². The Kier molecular flexibility index (Phi) is 4.45. The lowest BCUT2D eigenvalue weighted by atomic mass is 9.84. The highest BCUT2D eigenvalue weighted by Crippen LogP contribution is 2.47.